The van der Waals surface area contributed by atoms with Gasteiger partial charge >= 0.3 is 0 Å². The second kappa shape index (κ2) is 9.44. The molecule has 0 aliphatic carbocycles. The van der Waals surface area contributed by atoms with E-state index in [1.165, 1.54) is 0 Å². The lowest BCUT2D eigenvalue weighted by Gasteiger charge is -2.00. The largest absolute Gasteiger partial charge is 0.294 e. The predicted molar refractivity (Wildman–Crippen MR) is 52.2 cm³/mol. The van der Waals surface area contributed by atoms with Crippen molar-refractivity contribution in [2.45, 2.75) is 38.5 Å². The Bertz CT molecular complexity index is 129. The van der Waals surface area contributed by atoms with E-state index in [0.717, 1.165) is 38.6 Å². The van der Waals surface area contributed by atoms with Crippen molar-refractivity contribution in [1.29, 1.82) is 0 Å². The summed E-state index contributed by atoms with van der Waals surface area (Å²) < 4.78 is 0. The molecule has 78 valence electrons. The molecule has 0 fully saturated rings. The van der Waals surface area contributed by atoms with Gasteiger partial charge in [-0.15, -0.1) is 0 Å². The Labute approximate surface area is 79.2 Å². The molecule has 1 amide bonds. The van der Waals surface area contributed by atoms with Gasteiger partial charge in [-0.05, 0) is 12.8 Å². The molecule has 6 N–H and O–H groups in total. The minimum atomic E-state index is -0.0800. The third kappa shape index (κ3) is 9.26. The maximum atomic E-state index is 10.7. The minimum Gasteiger partial charge on any atom is -0.294 e. The van der Waals surface area contributed by atoms with Crippen molar-refractivity contribution in [3.63, 3.8) is 0 Å². The van der Waals surface area contributed by atoms with Gasteiger partial charge in [0.15, 0.2) is 0 Å². The molecule has 0 radical (unpaired) electrons. The molecule has 0 aliphatic heterocycles. The van der Waals surface area contributed by atoms with Crippen LogP contribution in [0.4, 0.5) is 0 Å². The van der Waals surface area contributed by atoms with E-state index in [-0.39, 0.29) is 5.91 Å². The normalized spacial score (nSPS) is 10.0. The fourth-order valence-corrected chi connectivity index (χ4v) is 1.12. The summed E-state index contributed by atoms with van der Waals surface area (Å²) in [6.07, 6.45) is 5.94. The first-order chi connectivity index (χ1) is 6.31. The van der Waals surface area contributed by atoms with Crippen LogP contribution in [0.2, 0.25) is 0 Å². The van der Waals surface area contributed by atoms with Gasteiger partial charge in [-0.1, -0.05) is 19.3 Å². The van der Waals surface area contributed by atoms with E-state index in [4.69, 9.17) is 11.7 Å². The lowest BCUT2D eigenvalue weighted by atomic mass is 10.1. The van der Waals surface area contributed by atoms with E-state index in [0.29, 0.717) is 6.42 Å². The highest BCUT2D eigenvalue weighted by atomic mass is 16.2. The van der Waals surface area contributed by atoms with E-state index in [2.05, 4.69) is 10.9 Å². The van der Waals surface area contributed by atoms with Crippen molar-refractivity contribution in [2.24, 2.45) is 11.7 Å². The van der Waals surface area contributed by atoms with Crippen LogP contribution in [0.25, 0.3) is 0 Å². The van der Waals surface area contributed by atoms with Crippen molar-refractivity contribution in [3.8, 4) is 0 Å². The summed E-state index contributed by atoms with van der Waals surface area (Å²) >= 11 is 0. The van der Waals surface area contributed by atoms with Crippen molar-refractivity contribution < 1.29 is 4.79 Å². The van der Waals surface area contributed by atoms with Crippen LogP contribution in [0.3, 0.4) is 0 Å². The Morgan fingerprint density at radius 1 is 1.00 bits per heavy atom. The second-order valence-corrected chi connectivity index (χ2v) is 3.04. The Morgan fingerprint density at radius 3 is 2.23 bits per heavy atom. The summed E-state index contributed by atoms with van der Waals surface area (Å²) in [4.78, 5) is 10.7. The molecule has 0 aromatic carbocycles. The maximum Gasteiger partial charge on any atom is 0.233 e. The van der Waals surface area contributed by atoms with E-state index in [9.17, 15) is 4.79 Å². The first-order valence-corrected chi connectivity index (χ1v) is 4.74. The van der Waals surface area contributed by atoms with E-state index >= 15 is 0 Å². The number of amides is 1. The Balaban J connectivity index is 2.95. The zero-order valence-corrected chi connectivity index (χ0v) is 8.01. The number of nitrogens with two attached hydrogens (primary N) is 2. The summed E-state index contributed by atoms with van der Waals surface area (Å²) in [5.41, 5.74) is 4.72. The number of nitrogens with one attached hydrogen (secondary N) is 2. The molecule has 0 aromatic rings. The SMILES string of the molecule is NNCCCCCCCC(=O)NN. The molecule has 0 spiro atoms. The van der Waals surface area contributed by atoms with Crippen LogP contribution in [0, 0.1) is 0 Å². The highest BCUT2D eigenvalue weighted by molar-refractivity contribution is 5.74. The highest BCUT2D eigenvalue weighted by Crippen LogP contribution is 2.04. The number of rotatable bonds is 8. The van der Waals surface area contributed by atoms with Gasteiger partial charge in [-0.3, -0.25) is 21.5 Å². The van der Waals surface area contributed by atoms with Gasteiger partial charge in [0.05, 0.1) is 0 Å². The molecule has 13 heavy (non-hydrogen) atoms. The lowest BCUT2D eigenvalue weighted by Crippen LogP contribution is -2.29. The van der Waals surface area contributed by atoms with Gasteiger partial charge < -0.3 is 0 Å². The molecule has 5 nitrogen and oxygen atoms in total. The molecule has 0 aliphatic rings. The Morgan fingerprint density at radius 2 is 1.62 bits per heavy atom. The van der Waals surface area contributed by atoms with Crippen molar-refractivity contribution >= 4 is 5.91 Å². The van der Waals surface area contributed by atoms with Crippen LogP contribution in [-0.2, 0) is 4.79 Å². The van der Waals surface area contributed by atoms with E-state index in [1.807, 2.05) is 0 Å². The highest BCUT2D eigenvalue weighted by Gasteiger charge is 1.96. The van der Waals surface area contributed by atoms with Crippen molar-refractivity contribution in [2.75, 3.05) is 6.54 Å². The summed E-state index contributed by atoms with van der Waals surface area (Å²) in [5.74, 6) is 9.96. The van der Waals surface area contributed by atoms with Gasteiger partial charge in [0.25, 0.3) is 0 Å². The molecule has 0 bridgehead atoms. The van der Waals surface area contributed by atoms with Gasteiger partial charge in [-0.25, -0.2) is 5.84 Å². The minimum absolute atomic E-state index is 0.0800. The molecule has 0 rings (SSSR count). The average Bonchev–Trinajstić information content (AvgIpc) is 2.16. The molecule has 0 heterocycles. The summed E-state index contributed by atoms with van der Waals surface area (Å²) in [6.45, 7) is 0.864. The first kappa shape index (κ1) is 12.3. The number of hydrazine groups is 2. The van der Waals surface area contributed by atoms with Crippen molar-refractivity contribution in [3.05, 3.63) is 0 Å². The van der Waals surface area contributed by atoms with Gasteiger partial charge in [0.1, 0.15) is 0 Å². The third-order valence-electron chi connectivity index (χ3n) is 1.89. The average molecular weight is 188 g/mol. The first-order valence-electron chi connectivity index (χ1n) is 4.74. The zero-order chi connectivity index (χ0) is 9.94. The predicted octanol–water partition coefficient (Wildman–Crippen LogP) is -0.220. The molecule has 0 saturated heterocycles. The standard InChI is InChI=1S/C8H20N4O/c9-11-7-5-3-1-2-4-6-8(13)12-10/h11H,1-7,9-10H2,(H,12,13). The van der Waals surface area contributed by atoms with Crippen LogP contribution in [-0.4, -0.2) is 12.5 Å². The van der Waals surface area contributed by atoms with Crippen molar-refractivity contribution in [1.82, 2.24) is 10.9 Å². The Hall–Kier alpha value is -0.650. The van der Waals surface area contributed by atoms with Crippen LogP contribution in [0.15, 0.2) is 0 Å². The lowest BCUT2D eigenvalue weighted by molar-refractivity contribution is -0.121. The fourth-order valence-electron chi connectivity index (χ4n) is 1.12. The molecular weight excluding hydrogens is 168 g/mol. The zero-order valence-electron chi connectivity index (χ0n) is 8.01. The van der Waals surface area contributed by atoms with Gasteiger partial charge in [-0.2, -0.15) is 0 Å². The third-order valence-corrected chi connectivity index (χ3v) is 1.89. The number of carbonyl (C=O) groups is 1. The van der Waals surface area contributed by atoms with Gasteiger partial charge in [0.2, 0.25) is 5.91 Å². The van der Waals surface area contributed by atoms with Crippen LogP contribution < -0.4 is 22.5 Å². The topological polar surface area (TPSA) is 93.2 Å². The van der Waals surface area contributed by atoms with Gasteiger partial charge in [0, 0.05) is 13.0 Å². The molecule has 0 atom stereocenters. The maximum absolute atomic E-state index is 10.7. The van der Waals surface area contributed by atoms with E-state index in [1.54, 1.807) is 0 Å². The van der Waals surface area contributed by atoms with E-state index < -0.39 is 0 Å². The van der Waals surface area contributed by atoms with Crippen LogP contribution in [0.1, 0.15) is 38.5 Å². The summed E-state index contributed by atoms with van der Waals surface area (Å²) in [7, 11) is 0. The van der Waals surface area contributed by atoms with Crippen LogP contribution >= 0.6 is 0 Å². The fraction of sp³-hybridized carbons (Fsp3) is 0.875. The number of hydrogen-bond acceptors (Lipinski definition) is 4. The second-order valence-electron chi connectivity index (χ2n) is 3.04. The summed E-state index contributed by atoms with van der Waals surface area (Å²) in [5, 5.41) is 0. The molecule has 5 heteroatoms. The molecule has 0 aromatic heterocycles. The van der Waals surface area contributed by atoms with Crippen LogP contribution in [0.5, 0.6) is 0 Å². The quantitative estimate of drug-likeness (QED) is 0.183. The summed E-state index contributed by atoms with van der Waals surface area (Å²) in [6, 6.07) is 0. The smallest absolute Gasteiger partial charge is 0.233 e. The molecular formula is C8H20N4O. The monoisotopic (exact) mass is 188 g/mol. The number of carbonyl (C=O) groups excluding carboxylic acids is 1. The number of unbranched alkanes of at least 4 members (excludes halogenated alkanes) is 4. The Kier molecular flexibility index (Phi) is 8.97. The number of hydrogen-bond donors (Lipinski definition) is 4. The molecule has 0 unspecified atom stereocenters. The molecule has 0 saturated carbocycles.